The number of nitrogens with one attached hydrogen (secondary N) is 1. The fourth-order valence-electron chi connectivity index (χ4n) is 2.13. The number of methoxy groups -OCH3 is 2. The summed E-state index contributed by atoms with van der Waals surface area (Å²) >= 11 is 0. The van der Waals surface area contributed by atoms with Crippen molar-refractivity contribution in [1.82, 2.24) is 5.32 Å². The van der Waals surface area contributed by atoms with Crippen LogP contribution in [0.1, 0.15) is 17.4 Å². The monoisotopic (exact) mass is 275 g/mol. The molecule has 1 aromatic carbocycles. The van der Waals surface area contributed by atoms with Gasteiger partial charge in [0.1, 0.15) is 5.76 Å². The lowest BCUT2D eigenvalue weighted by Crippen LogP contribution is -2.34. The van der Waals surface area contributed by atoms with Gasteiger partial charge >= 0.3 is 0 Å². The predicted octanol–water partition coefficient (Wildman–Crippen LogP) is 2.62. The molecule has 0 amide bonds. The quantitative estimate of drug-likeness (QED) is 0.804. The molecule has 0 spiro atoms. The van der Waals surface area contributed by atoms with Crippen LogP contribution in [0.25, 0.3) is 0 Å². The summed E-state index contributed by atoms with van der Waals surface area (Å²) in [5.74, 6) is 0.892. The van der Waals surface area contributed by atoms with Crippen molar-refractivity contribution in [3.05, 3.63) is 60.1 Å². The highest BCUT2D eigenvalue weighted by Crippen LogP contribution is 2.22. The summed E-state index contributed by atoms with van der Waals surface area (Å²) < 4.78 is 16.1. The predicted molar refractivity (Wildman–Crippen MR) is 77.7 cm³/mol. The standard InChI is InChI=1S/C16H21NO3/c1-18-12-14(19-2)11-17-16(15-9-6-10-20-15)13-7-4-3-5-8-13/h3-10,14,16-17H,11-12H2,1-2H3. The topological polar surface area (TPSA) is 43.6 Å². The minimum Gasteiger partial charge on any atom is -0.467 e. The molecule has 2 atom stereocenters. The average molecular weight is 275 g/mol. The molecule has 4 heteroatoms. The van der Waals surface area contributed by atoms with Crippen LogP contribution in [0.4, 0.5) is 0 Å². The molecule has 4 nitrogen and oxygen atoms in total. The van der Waals surface area contributed by atoms with Gasteiger partial charge in [-0.3, -0.25) is 0 Å². The summed E-state index contributed by atoms with van der Waals surface area (Å²) in [7, 11) is 3.36. The van der Waals surface area contributed by atoms with Crippen molar-refractivity contribution in [2.45, 2.75) is 12.1 Å². The van der Waals surface area contributed by atoms with Gasteiger partial charge in [0.2, 0.25) is 0 Å². The minimum absolute atomic E-state index is 0.0145. The van der Waals surface area contributed by atoms with Gasteiger partial charge < -0.3 is 19.2 Å². The van der Waals surface area contributed by atoms with E-state index in [1.54, 1.807) is 20.5 Å². The van der Waals surface area contributed by atoms with Crippen LogP contribution in [0.2, 0.25) is 0 Å². The van der Waals surface area contributed by atoms with Crippen molar-refractivity contribution in [3.8, 4) is 0 Å². The van der Waals surface area contributed by atoms with Gasteiger partial charge in [-0.15, -0.1) is 0 Å². The molecule has 0 aliphatic rings. The molecule has 0 saturated carbocycles. The number of rotatable bonds is 8. The molecule has 20 heavy (non-hydrogen) atoms. The van der Waals surface area contributed by atoms with E-state index < -0.39 is 0 Å². The summed E-state index contributed by atoms with van der Waals surface area (Å²) in [6.07, 6.45) is 1.71. The van der Waals surface area contributed by atoms with Crippen molar-refractivity contribution in [2.75, 3.05) is 27.4 Å². The molecule has 0 aliphatic carbocycles. The molecule has 0 aliphatic heterocycles. The van der Waals surface area contributed by atoms with E-state index in [0.717, 1.165) is 11.3 Å². The second-order valence-electron chi connectivity index (χ2n) is 4.58. The molecule has 108 valence electrons. The molecule has 0 saturated heterocycles. The van der Waals surface area contributed by atoms with Gasteiger partial charge in [-0.1, -0.05) is 30.3 Å². The van der Waals surface area contributed by atoms with E-state index in [4.69, 9.17) is 13.9 Å². The first-order valence-corrected chi connectivity index (χ1v) is 6.68. The van der Waals surface area contributed by atoms with Crippen molar-refractivity contribution in [2.24, 2.45) is 0 Å². The lowest BCUT2D eigenvalue weighted by Gasteiger charge is -2.21. The molecule has 0 radical (unpaired) electrons. The number of benzene rings is 1. The van der Waals surface area contributed by atoms with E-state index in [1.165, 1.54) is 0 Å². The van der Waals surface area contributed by atoms with Gasteiger partial charge in [0, 0.05) is 20.8 Å². The molecular formula is C16H21NO3. The Labute approximate surface area is 119 Å². The minimum atomic E-state index is 0.0145. The molecule has 1 N–H and O–H groups in total. The maximum Gasteiger partial charge on any atom is 0.125 e. The zero-order chi connectivity index (χ0) is 14.2. The Morgan fingerprint density at radius 2 is 1.90 bits per heavy atom. The summed E-state index contributed by atoms with van der Waals surface area (Å²) in [4.78, 5) is 0. The fourth-order valence-corrected chi connectivity index (χ4v) is 2.13. The zero-order valence-corrected chi connectivity index (χ0v) is 11.9. The number of ether oxygens (including phenoxy) is 2. The first kappa shape index (κ1) is 14.8. The maximum atomic E-state index is 5.54. The Morgan fingerprint density at radius 1 is 1.10 bits per heavy atom. The maximum absolute atomic E-state index is 5.54. The fraction of sp³-hybridized carbons (Fsp3) is 0.375. The second kappa shape index (κ2) is 7.85. The second-order valence-corrected chi connectivity index (χ2v) is 4.58. The summed E-state index contributed by atoms with van der Waals surface area (Å²) in [6, 6.07) is 14.1. The first-order chi connectivity index (χ1) is 9.85. The van der Waals surface area contributed by atoms with E-state index in [2.05, 4.69) is 17.4 Å². The molecule has 0 bridgehead atoms. The molecule has 2 unspecified atom stereocenters. The van der Waals surface area contributed by atoms with E-state index in [9.17, 15) is 0 Å². The molecule has 1 aromatic heterocycles. The third-order valence-electron chi connectivity index (χ3n) is 3.20. The Morgan fingerprint density at radius 3 is 2.50 bits per heavy atom. The van der Waals surface area contributed by atoms with Crippen LogP contribution < -0.4 is 5.32 Å². The van der Waals surface area contributed by atoms with E-state index in [-0.39, 0.29) is 12.1 Å². The van der Waals surface area contributed by atoms with Crippen LogP contribution in [0.3, 0.4) is 0 Å². The van der Waals surface area contributed by atoms with Gasteiger partial charge in [-0.05, 0) is 17.7 Å². The highest BCUT2D eigenvalue weighted by atomic mass is 16.5. The molecule has 0 fully saturated rings. The van der Waals surface area contributed by atoms with Crippen LogP contribution in [0, 0.1) is 0 Å². The van der Waals surface area contributed by atoms with Crippen LogP contribution in [0.15, 0.2) is 53.1 Å². The average Bonchev–Trinajstić information content (AvgIpc) is 3.01. The molecule has 2 rings (SSSR count). The Bertz CT molecular complexity index is 470. The van der Waals surface area contributed by atoms with Gasteiger partial charge in [0.25, 0.3) is 0 Å². The number of hydrogen-bond acceptors (Lipinski definition) is 4. The normalized spacial score (nSPS) is 14.1. The zero-order valence-electron chi connectivity index (χ0n) is 11.9. The van der Waals surface area contributed by atoms with Gasteiger partial charge in [-0.2, -0.15) is 0 Å². The van der Waals surface area contributed by atoms with Gasteiger partial charge in [0.05, 0.1) is 25.0 Å². The van der Waals surface area contributed by atoms with E-state index in [0.29, 0.717) is 13.2 Å². The van der Waals surface area contributed by atoms with Crippen molar-refractivity contribution in [3.63, 3.8) is 0 Å². The van der Waals surface area contributed by atoms with Crippen molar-refractivity contribution >= 4 is 0 Å². The highest BCUT2D eigenvalue weighted by molar-refractivity contribution is 5.26. The summed E-state index contributed by atoms with van der Waals surface area (Å²) in [6.45, 7) is 1.24. The van der Waals surface area contributed by atoms with Crippen LogP contribution >= 0.6 is 0 Å². The largest absolute Gasteiger partial charge is 0.467 e. The van der Waals surface area contributed by atoms with E-state index >= 15 is 0 Å². The van der Waals surface area contributed by atoms with Crippen molar-refractivity contribution < 1.29 is 13.9 Å². The third-order valence-corrected chi connectivity index (χ3v) is 3.20. The smallest absolute Gasteiger partial charge is 0.125 e. The van der Waals surface area contributed by atoms with Crippen LogP contribution in [0.5, 0.6) is 0 Å². The molecular weight excluding hydrogens is 254 g/mol. The molecule has 1 heterocycles. The SMILES string of the molecule is COCC(CNC(c1ccccc1)c1ccco1)OC. The lowest BCUT2D eigenvalue weighted by molar-refractivity contribution is 0.0276. The number of furan rings is 1. The number of hydrogen-bond donors (Lipinski definition) is 1. The first-order valence-electron chi connectivity index (χ1n) is 6.68. The van der Waals surface area contributed by atoms with Crippen LogP contribution in [-0.4, -0.2) is 33.5 Å². The molecule has 2 aromatic rings. The summed E-state index contributed by atoms with van der Waals surface area (Å²) in [5, 5.41) is 3.48. The van der Waals surface area contributed by atoms with E-state index in [1.807, 2.05) is 30.3 Å². The lowest BCUT2D eigenvalue weighted by atomic mass is 10.0. The van der Waals surface area contributed by atoms with Gasteiger partial charge in [-0.25, -0.2) is 0 Å². The van der Waals surface area contributed by atoms with Gasteiger partial charge in [0.15, 0.2) is 0 Å². The Kier molecular flexibility index (Phi) is 5.80. The third kappa shape index (κ3) is 3.93. The summed E-state index contributed by atoms with van der Waals surface area (Å²) in [5.41, 5.74) is 1.16. The van der Waals surface area contributed by atoms with Crippen molar-refractivity contribution in [1.29, 1.82) is 0 Å². The van der Waals surface area contributed by atoms with Crippen LogP contribution in [-0.2, 0) is 9.47 Å². The Balaban J connectivity index is 2.08. The Hall–Kier alpha value is -1.62. The highest BCUT2D eigenvalue weighted by Gasteiger charge is 2.18.